The summed E-state index contributed by atoms with van der Waals surface area (Å²) in [7, 11) is 0. The molecule has 0 bridgehead atoms. The van der Waals surface area contributed by atoms with Gasteiger partial charge in [0.15, 0.2) is 6.61 Å². The molecule has 2 rings (SSSR count). The van der Waals surface area contributed by atoms with Crippen LogP contribution in [0.1, 0.15) is 6.92 Å². The fourth-order valence-corrected chi connectivity index (χ4v) is 2.72. The predicted octanol–water partition coefficient (Wildman–Crippen LogP) is 4.53. The van der Waals surface area contributed by atoms with E-state index in [9.17, 15) is 4.79 Å². The highest BCUT2D eigenvalue weighted by molar-refractivity contribution is 9.10. The van der Waals surface area contributed by atoms with Crippen molar-refractivity contribution in [3.8, 4) is 5.75 Å². The first-order chi connectivity index (χ1) is 10.1. The lowest BCUT2D eigenvalue weighted by Crippen LogP contribution is -2.34. The van der Waals surface area contributed by atoms with Gasteiger partial charge in [-0.05, 0) is 53.2 Å². The van der Waals surface area contributed by atoms with Gasteiger partial charge in [-0.15, -0.1) is 0 Å². The Labute approximate surface area is 137 Å². The Balaban J connectivity index is 2.03. The van der Waals surface area contributed by atoms with Gasteiger partial charge in [-0.25, -0.2) is 0 Å². The minimum absolute atomic E-state index is 0.0248. The summed E-state index contributed by atoms with van der Waals surface area (Å²) >= 11 is 9.23. The largest absolute Gasteiger partial charge is 0.483 e. The number of rotatable bonds is 5. The SMILES string of the molecule is CCN(C(=O)COc1ccc(Cl)cc1Br)c1ccccc1. The van der Waals surface area contributed by atoms with Gasteiger partial charge >= 0.3 is 0 Å². The molecule has 0 aliphatic carbocycles. The van der Waals surface area contributed by atoms with E-state index in [-0.39, 0.29) is 12.5 Å². The van der Waals surface area contributed by atoms with Crippen molar-refractivity contribution in [2.45, 2.75) is 6.92 Å². The van der Waals surface area contributed by atoms with Crippen molar-refractivity contribution in [2.24, 2.45) is 0 Å². The zero-order valence-corrected chi connectivity index (χ0v) is 13.9. The number of likely N-dealkylation sites (N-methyl/N-ethyl adjacent to an activating group) is 1. The Hall–Kier alpha value is -1.52. The third-order valence-electron chi connectivity index (χ3n) is 2.93. The molecular weight excluding hydrogens is 354 g/mol. The summed E-state index contributed by atoms with van der Waals surface area (Å²) in [5, 5.41) is 0.611. The van der Waals surface area contributed by atoms with Crippen LogP contribution in [0.25, 0.3) is 0 Å². The number of nitrogens with zero attached hydrogens (tertiary/aromatic N) is 1. The van der Waals surface area contributed by atoms with Crippen LogP contribution in [0.3, 0.4) is 0 Å². The van der Waals surface area contributed by atoms with Crippen LogP contribution in [-0.2, 0) is 4.79 Å². The van der Waals surface area contributed by atoms with E-state index in [1.807, 2.05) is 37.3 Å². The van der Waals surface area contributed by atoms with E-state index >= 15 is 0 Å². The van der Waals surface area contributed by atoms with Gasteiger partial charge in [0.05, 0.1) is 4.47 Å². The molecule has 0 radical (unpaired) electrons. The standard InChI is InChI=1S/C16H15BrClNO2/c1-2-19(13-6-4-3-5-7-13)16(20)11-21-15-9-8-12(18)10-14(15)17/h3-10H,2,11H2,1H3. The number of carbonyl (C=O) groups is 1. The Morgan fingerprint density at radius 2 is 1.95 bits per heavy atom. The molecule has 0 fully saturated rings. The number of anilines is 1. The lowest BCUT2D eigenvalue weighted by molar-refractivity contribution is -0.120. The Morgan fingerprint density at radius 1 is 1.24 bits per heavy atom. The first-order valence-electron chi connectivity index (χ1n) is 6.55. The monoisotopic (exact) mass is 367 g/mol. The molecule has 0 aliphatic heterocycles. The molecule has 2 aromatic rings. The fourth-order valence-electron chi connectivity index (χ4n) is 1.92. The molecule has 0 saturated carbocycles. The quantitative estimate of drug-likeness (QED) is 0.776. The van der Waals surface area contributed by atoms with E-state index in [2.05, 4.69) is 15.9 Å². The van der Waals surface area contributed by atoms with Crippen LogP contribution in [0.5, 0.6) is 5.75 Å². The molecule has 0 N–H and O–H groups in total. The second kappa shape index (κ2) is 7.48. The minimum atomic E-state index is -0.0921. The molecule has 0 aromatic heterocycles. The maximum Gasteiger partial charge on any atom is 0.264 e. The summed E-state index contributed by atoms with van der Waals surface area (Å²) in [5.74, 6) is 0.502. The highest BCUT2D eigenvalue weighted by Crippen LogP contribution is 2.28. The Bertz CT molecular complexity index is 619. The number of halogens is 2. The van der Waals surface area contributed by atoms with E-state index in [1.54, 1.807) is 23.1 Å². The van der Waals surface area contributed by atoms with Crippen molar-refractivity contribution < 1.29 is 9.53 Å². The lowest BCUT2D eigenvalue weighted by atomic mass is 10.3. The molecule has 0 atom stereocenters. The van der Waals surface area contributed by atoms with Gasteiger partial charge in [0.2, 0.25) is 0 Å². The molecule has 0 heterocycles. The number of hydrogen-bond acceptors (Lipinski definition) is 2. The molecule has 2 aromatic carbocycles. The summed E-state index contributed by atoms with van der Waals surface area (Å²) in [6.07, 6.45) is 0. The molecule has 1 amide bonds. The normalized spacial score (nSPS) is 10.2. The molecule has 5 heteroatoms. The second-order valence-corrected chi connectivity index (χ2v) is 5.63. The number of carbonyl (C=O) groups excluding carboxylic acids is 1. The molecule has 0 spiro atoms. The van der Waals surface area contributed by atoms with Crippen LogP contribution in [0.15, 0.2) is 53.0 Å². The molecule has 0 unspecified atom stereocenters. The van der Waals surface area contributed by atoms with Crippen LogP contribution in [0, 0.1) is 0 Å². The van der Waals surface area contributed by atoms with E-state index in [4.69, 9.17) is 16.3 Å². The first kappa shape index (κ1) is 15.9. The smallest absolute Gasteiger partial charge is 0.264 e. The summed E-state index contributed by atoms with van der Waals surface area (Å²) in [6, 6.07) is 14.7. The van der Waals surface area contributed by atoms with Crippen LogP contribution < -0.4 is 9.64 Å². The molecule has 21 heavy (non-hydrogen) atoms. The van der Waals surface area contributed by atoms with Crippen LogP contribution >= 0.6 is 27.5 Å². The topological polar surface area (TPSA) is 29.5 Å². The van der Waals surface area contributed by atoms with Gasteiger partial charge in [0, 0.05) is 17.3 Å². The van der Waals surface area contributed by atoms with Crippen LogP contribution in [-0.4, -0.2) is 19.1 Å². The van der Waals surface area contributed by atoms with Crippen molar-refractivity contribution >= 4 is 39.1 Å². The van der Waals surface area contributed by atoms with E-state index < -0.39 is 0 Å². The van der Waals surface area contributed by atoms with Gasteiger partial charge in [-0.1, -0.05) is 29.8 Å². The van der Waals surface area contributed by atoms with Gasteiger partial charge in [0.25, 0.3) is 5.91 Å². The molecule has 3 nitrogen and oxygen atoms in total. The maximum atomic E-state index is 12.3. The molecular formula is C16H15BrClNO2. The van der Waals surface area contributed by atoms with Gasteiger partial charge in [-0.2, -0.15) is 0 Å². The van der Waals surface area contributed by atoms with Crippen molar-refractivity contribution in [1.82, 2.24) is 0 Å². The van der Waals surface area contributed by atoms with Crippen molar-refractivity contribution in [3.63, 3.8) is 0 Å². The van der Waals surface area contributed by atoms with Gasteiger partial charge < -0.3 is 9.64 Å². The molecule has 0 saturated heterocycles. The first-order valence-corrected chi connectivity index (χ1v) is 7.72. The summed E-state index contributed by atoms with van der Waals surface area (Å²) in [5.41, 5.74) is 0.865. The van der Waals surface area contributed by atoms with Crippen molar-refractivity contribution in [1.29, 1.82) is 0 Å². The summed E-state index contributed by atoms with van der Waals surface area (Å²) in [6.45, 7) is 2.50. The summed E-state index contributed by atoms with van der Waals surface area (Å²) < 4.78 is 6.29. The number of benzene rings is 2. The zero-order valence-electron chi connectivity index (χ0n) is 11.6. The maximum absolute atomic E-state index is 12.3. The third-order valence-corrected chi connectivity index (χ3v) is 3.79. The number of amides is 1. The Morgan fingerprint density at radius 3 is 2.57 bits per heavy atom. The minimum Gasteiger partial charge on any atom is -0.483 e. The molecule has 110 valence electrons. The van der Waals surface area contributed by atoms with Gasteiger partial charge in [0.1, 0.15) is 5.75 Å². The number of ether oxygens (including phenoxy) is 1. The third kappa shape index (κ3) is 4.22. The van der Waals surface area contributed by atoms with Crippen molar-refractivity contribution in [2.75, 3.05) is 18.1 Å². The predicted molar refractivity (Wildman–Crippen MR) is 89.1 cm³/mol. The number of para-hydroxylation sites is 1. The van der Waals surface area contributed by atoms with Crippen LogP contribution in [0.4, 0.5) is 5.69 Å². The number of hydrogen-bond donors (Lipinski definition) is 0. The highest BCUT2D eigenvalue weighted by Gasteiger charge is 2.14. The average molecular weight is 369 g/mol. The average Bonchev–Trinajstić information content (AvgIpc) is 2.48. The highest BCUT2D eigenvalue weighted by atomic mass is 79.9. The molecule has 0 aliphatic rings. The van der Waals surface area contributed by atoms with Gasteiger partial charge in [-0.3, -0.25) is 4.79 Å². The summed E-state index contributed by atoms with van der Waals surface area (Å²) in [4.78, 5) is 14.0. The van der Waals surface area contributed by atoms with E-state index in [0.717, 1.165) is 10.2 Å². The second-order valence-electron chi connectivity index (χ2n) is 4.34. The van der Waals surface area contributed by atoms with E-state index in [1.165, 1.54) is 0 Å². The Kier molecular flexibility index (Phi) is 5.65. The lowest BCUT2D eigenvalue weighted by Gasteiger charge is -2.21. The fraction of sp³-hybridized carbons (Fsp3) is 0.188. The van der Waals surface area contributed by atoms with Crippen molar-refractivity contribution in [3.05, 3.63) is 58.0 Å². The van der Waals surface area contributed by atoms with E-state index in [0.29, 0.717) is 17.3 Å². The van der Waals surface area contributed by atoms with Crippen LogP contribution in [0.2, 0.25) is 5.02 Å². The zero-order chi connectivity index (χ0) is 15.2.